The summed E-state index contributed by atoms with van der Waals surface area (Å²) in [6.45, 7) is 2.32. The van der Waals surface area contributed by atoms with Crippen LogP contribution in [0.1, 0.15) is 71.0 Å². The Morgan fingerprint density at radius 2 is 1.81 bits per heavy atom. The zero-order valence-corrected chi connectivity index (χ0v) is 20.0. The molecule has 2 aliphatic rings. The minimum Gasteiger partial charge on any atom is -0.376 e. The van der Waals surface area contributed by atoms with E-state index in [-0.39, 0.29) is 17.9 Å². The second-order valence-electron chi connectivity index (χ2n) is 8.83. The molecule has 192 valence electrons. The van der Waals surface area contributed by atoms with E-state index in [0.717, 1.165) is 39.9 Å². The number of rotatable bonds is 6. The Morgan fingerprint density at radius 1 is 1.03 bits per heavy atom. The summed E-state index contributed by atoms with van der Waals surface area (Å²) in [5.41, 5.74) is 1.25. The molecule has 6 nitrogen and oxygen atoms in total. The van der Waals surface area contributed by atoms with Crippen molar-refractivity contribution < 1.29 is 22.0 Å². The zero-order chi connectivity index (χ0) is 25.2. The average Bonchev–Trinajstić information content (AvgIpc) is 3.47. The van der Waals surface area contributed by atoms with Crippen LogP contribution in [0.25, 0.3) is 6.20 Å². The van der Waals surface area contributed by atoms with Crippen LogP contribution in [0.4, 0.5) is 22.0 Å². The van der Waals surface area contributed by atoms with Gasteiger partial charge < -0.3 is 4.90 Å². The summed E-state index contributed by atoms with van der Waals surface area (Å²) < 4.78 is 67.0. The summed E-state index contributed by atoms with van der Waals surface area (Å²) in [7, 11) is 0. The molecule has 2 N–H and O–H groups in total. The quantitative estimate of drug-likeness (QED) is 0.414. The molecule has 1 fully saturated rings. The third-order valence-corrected chi connectivity index (χ3v) is 7.58. The fourth-order valence-corrected chi connectivity index (χ4v) is 5.57. The summed E-state index contributed by atoms with van der Waals surface area (Å²) in [4.78, 5) is 6.81. The summed E-state index contributed by atoms with van der Waals surface area (Å²) in [6.07, 6.45) is -1.42. The van der Waals surface area contributed by atoms with Crippen molar-refractivity contribution in [1.82, 2.24) is 30.3 Å². The molecule has 36 heavy (non-hydrogen) atoms. The third-order valence-electron chi connectivity index (χ3n) is 6.56. The standard InChI is InChI=1S/C24H25F5N6S/c25-17-3-1-2-15-11-30-23(31-12-16(15)17)19-13-36-24(32-19)14-4-6-34(7-5-14)8-9-35-20(22(28)29)10-18(33-35)21(26)27/h1-3,8-10,13-14,21-23,30-31H,4-7,11-12H2. The van der Waals surface area contributed by atoms with E-state index in [0.29, 0.717) is 31.7 Å². The van der Waals surface area contributed by atoms with Crippen LogP contribution in [-0.4, -0.2) is 32.8 Å². The molecule has 4 heterocycles. The van der Waals surface area contributed by atoms with Gasteiger partial charge in [-0.15, -0.1) is 11.3 Å². The second-order valence-corrected chi connectivity index (χ2v) is 9.72. The van der Waals surface area contributed by atoms with Crippen LogP contribution < -0.4 is 10.6 Å². The minimum absolute atomic E-state index is 0.180. The van der Waals surface area contributed by atoms with Crippen LogP contribution in [0.5, 0.6) is 0 Å². The maximum Gasteiger partial charge on any atom is 0.282 e. The maximum atomic E-state index is 14.1. The average molecular weight is 525 g/mol. The minimum atomic E-state index is -2.91. The molecule has 0 aliphatic carbocycles. The van der Waals surface area contributed by atoms with Gasteiger partial charge in [0.05, 0.1) is 10.7 Å². The smallest absolute Gasteiger partial charge is 0.282 e. The van der Waals surface area contributed by atoms with Gasteiger partial charge in [-0.3, -0.25) is 10.6 Å². The van der Waals surface area contributed by atoms with Gasteiger partial charge in [-0.1, -0.05) is 12.1 Å². The van der Waals surface area contributed by atoms with Crippen molar-refractivity contribution in [3.63, 3.8) is 0 Å². The number of hydrogen-bond acceptors (Lipinski definition) is 6. The molecule has 1 aromatic carbocycles. The number of aromatic nitrogens is 3. The predicted octanol–water partition coefficient (Wildman–Crippen LogP) is 5.55. The van der Waals surface area contributed by atoms with Gasteiger partial charge in [0.15, 0.2) is 0 Å². The number of piperidine rings is 1. The van der Waals surface area contributed by atoms with Crippen molar-refractivity contribution in [2.75, 3.05) is 13.1 Å². The van der Waals surface area contributed by atoms with Crippen molar-refractivity contribution in [2.45, 2.75) is 50.9 Å². The molecule has 0 amide bonds. The monoisotopic (exact) mass is 524 g/mol. The molecule has 2 aromatic heterocycles. The Kier molecular flexibility index (Phi) is 7.35. The number of likely N-dealkylation sites (tertiary alicyclic amines) is 1. The van der Waals surface area contributed by atoms with Gasteiger partial charge >= 0.3 is 0 Å². The summed E-state index contributed by atoms with van der Waals surface area (Å²) in [6, 6.07) is 5.84. The molecule has 1 unspecified atom stereocenters. The Hall–Kier alpha value is -2.83. The van der Waals surface area contributed by atoms with Crippen LogP contribution >= 0.6 is 11.3 Å². The van der Waals surface area contributed by atoms with E-state index in [1.807, 2.05) is 16.3 Å². The van der Waals surface area contributed by atoms with E-state index in [1.165, 1.54) is 12.3 Å². The molecule has 5 rings (SSSR count). The van der Waals surface area contributed by atoms with Gasteiger partial charge in [-0.25, -0.2) is 31.6 Å². The lowest BCUT2D eigenvalue weighted by atomic mass is 9.98. The molecule has 0 bridgehead atoms. The van der Waals surface area contributed by atoms with Crippen molar-refractivity contribution >= 4 is 17.5 Å². The number of hydrogen-bond donors (Lipinski definition) is 2. The SMILES string of the molecule is Fc1cccc2c1CNC(c1csc(C3CCN(C=Cn4nc(C(F)F)cc4C(F)F)CC3)n1)NC2. The number of nitrogens with zero attached hydrogens (tertiary/aromatic N) is 4. The number of fused-ring (bicyclic) bond motifs is 1. The van der Waals surface area contributed by atoms with E-state index in [1.54, 1.807) is 23.6 Å². The molecular formula is C24H25F5N6S. The van der Waals surface area contributed by atoms with Gasteiger partial charge in [-0.2, -0.15) is 5.10 Å². The van der Waals surface area contributed by atoms with E-state index in [2.05, 4.69) is 15.7 Å². The highest BCUT2D eigenvalue weighted by Crippen LogP contribution is 2.32. The molecule has 12 heteroatoms. The Labute approximate surface area is 208 Å². The Morgan fingerprint density at radius 3 is 2.56 bits per heavy atom. The van der Waals surface area contributed by atoms with Crippen LogP contribution in [0.15, 0.2) is 35.8 Å². The fourth-order valence-electron chi connectivity index (χ4n) is 4.56. The number of halogens is 5. The van der Waals surface area contributed by atoms with Crippen molar-refractivity contribution in [3.8, 4) is 0 Å². The molecule has 3 aromatic rings. The van der Waals surface area contributed by atoms with E-state index >= 15 is 0 Å². The third kappa shape index (κ3) is 5.30. The molecule has 2 aliphatic heterocycles. The number of benzene rings is 1. The first-order chi connectivity index (χ1) is 17.4. The first-order valence-corrected chi connectivity index (χ1v) is 12.5. The molecule has 0 radical (unpaired) electrons. The summed E-state index contributed by atoms with van der Waals surface area (Å²) >= 11 is 1.60. The zero-order valence-electron chi connectivity index (χ0n) is 19.2. The van der Waals surface area contributed by atoms with Gasteiger partial charge in [0.2, 0.25) is 0 Å². The van der Waals surface area contributed by atoms with E-state index in [9.17, 15) is 22.0 Å². The number of thiazole rings is 1. The molecule has 0 saturated carbocycles. The van der Waals surface area contributed by atoms with Gasteiger partial charge in [0.1, 0.15) is 23.4 Å². The molecule has 1 saturated heterocycles. The van der Waals surface area contributed by atoms with Crippen molar-refractivity contribution in [3.05, 3.63) is 74.9 Å². The lowest BCUT2D eigenvalue weighted by molar-refractivity contribution is 0.143. The topological polar surface area (TPSA) is 58.0 Å². The first-order valence-electron chi connectivity index (χ1n) is 11.7. The van der Waals surface area contributed by atoms with Crippen LogP contribution in [0.2, 0.25) is 0 Å². The summed E-state index contributed by atoms with van der Waals surface area (Å²) in [5.74, 6) is 0.0512. The second kappa shape index (κ2) is 10.7. The molecular weight excluding hydrogens is 499 g/mol. The summed E-state index contributed by atoms with van der Waals surface area (Å²) in [5, 5.41) is 13.4. The van der Waals surface area contributed by atoms with E-state index in [4.69, 9.17) is 4.98 Å². The maximum absolute atomic E-state index is 14.1. The lowest BCUT2D eigenvalue weighted by Gasteiger charge is -2.30. The highest BCUT2D eigenvalue weighted by atomic mass is 32.1. The predicted molar refractivity (Wildman–Crippen MR) is 126 cm³/mol. The molecule has 1 atom stereocenters. The van der Waals surface area contributed by atoms with Crippen LogP contribution in [0, 0.1) is 5.82 Å². The molecule has 0 spiro atoms. The highest BCUT2D eigenvalue weighted by Gasteiger charge is 2.25. The van der Waals surface area contributed by atoms with Crippen LogP contribution in [-0.2, 0) is 13.1 Å². The Balaban J connectivity index is 1.18. The number of nitrogens with one attached hydrogen (secondary N) is 2. The Bertz CT molecular complexity index is 1220. The lowest BCUT2D eigenvalue weighted by Crippen LogP contribution is -2.31. The van der Waals surface area contributed by atoms with Gasteiger partial charge in [0.25, 0.3) is 12.9 Å². The van der Waals surface area contributed by atoms with Gasteiger partial charge in [-0.05, 0) is 30.5 Å². The van der Waals surface area contributed by atoms with Gasteiger partial charge in [0, 0.05) is 55.4 Å². The van der Waals surface area contributed by atoms with Crippen LogP contribution in [0.3, 0.4) is 0 Å². The van der Waals surface area contributed by atoms with Crippen molar-refractivity contribution in [1.29, 1.82) is 0 Å². The normalized spacial score (nSPS) is 19.4. The highest BCUT2D eigenvalue weighted by molar-refractivity contribution is 7.09. The number of alkyl halides is 4. The van der Waals surface area contributed by atoms with Crippen molar-refractivity contribution in [2.24, 2.45) is 0 Å². The first kappa shape index (κ1) is 24.8. The largest absolute Gasteiger partial charge is 0.376 e. The fraction of sp³-hybridized carbons (Fsp3) is 0.417. The van der Waals surface area contributed by atoms with E-state index < -0.39 is 24.2 Å².